The third kappa shape index (κ3) is 5.29. The number of rotatable bonds is 15. The van der Waals surface area contributed by atoms with Crippen LogP contribution in [0.4, 0.5) is 11.4 Å². The molecule has 0 aromatic heterocycles. The highest BCUT2D eigenvalue weighted by atomic mass is 16.6. The molecule has 4 rings (SSSR count). The molecule has 3 heterocycles. The maximum Gasteiger partial charge on any atom is 0.312 e. The molecule has 2 unspecified atom stereocenters. The number of carbonyl (C=O) groups is 3. The highest BCUT2D eigenvalue weighted by Gasteiger charge is 2.75. The van der Waals surface area contributed by atoms with Gasteiger partial charge < -0.3 is 29.3 Å². The summed E-state index contributed by atoms with van der Waals surface area (Å²) < 4.78 is 12.0. The summed E-state index contributed by atoms with van der Waals surface area (Å²) in [6.45, 7) is 13.7. The number of amides is 2. The number of ether oxygens (including phenoxy) is 2. The molecule has 1 aromatic carbocycles. The third-order valence-corrected chi connectivity index (χ3v) is 8.56. The van der Waals surface area contributed by atoms with Crippen LogP contribution in [0.1, 0.15) is 46.0 Å². The zero-order valence-electron chi connectivity index (χ0n) is 23.8. The van der Waals surface area contributed by atoms with Gasteiger partial charge in [-0.05, 0) is 70.2 Å². The van der Waals surface area contributed by atoms with E-state index >= 15 is 0 Å². The molecule has 2 bridgehead atoms. The minimum atomic E-state index is -1.14. The smallest absolute Gasteiger partial charge is 0.312 e. The molecule has 9 nitrogen and oxygen atoms in total. The molecule has 3 aliphatic rings. The molecule has 0 saturated carbocycles. The second kappa shape index (κ2) is 13.0. The lowest BCUT2D eigenvalue weighted by Gasteiger charge is -2.36. The summed E-state index contributed by atoms with van der Waals surface area (Å²) in [6.07, 6.45) is 6.48. The molecule has 40 heavy (non-hydrogen) atoms. The van der Waals surface area contributed by atoms with Crippen molar-refractivity contribution in [3.8, 4) is 0 Å². The number of anilines is 2. The number of aliphatic hydroxyl groups is 1. The van der Waals surface area contributed by atoms with Gasteiger partial charge in [-0.15, -0.1) is 13.2 Å². The Balaban J connectivity index is 1.62. The van der Waals surface area contributed by atoms with Crippen LogP contribution in [-0.4, -0.2) is 84.9 Å². The number of esters is 1. The topological polar surface area (TPSA) is 99.6 Å². The Morgan fingerprint density at radius 1 is 1.15 bits per heavy atom. The molecular formula is C31H43N3O6. The fourth-order valence-electron chi connectivity index (χ4n) is 6.74. The van der Waals surface area contributed by atoms with Crippen LogP contribution in [0.15, 0.2) is 49.6 Å². The van der Waals surface area contributed by atoms with Gasteiger partial charge >= 0.3 is 5.97 Å². The van der Waals surface area contributed by atoms with Crippen molar-refractivity contribution in [2.75, 3.05) is 49.2 Å². The Morgan fingerprint density at radius 2 is 1.85 bits per heavy atom. The molecule has 3 aliphatic heterocycles. The average Bonchev–Trinajstić information content (AvgIpc) is 3.60. The largest absolute Gasteiger partial charge is 0.465 e. The molecule has 3 saturated heterocycles. The maximum atomic E-state index is 14.4. The van der Waals surface area contributed by atoms with Crippen molar-refractivity contribution in [3.05, 3.63) is 49.6 Å². The number of hydrogen-bond acceptors (Lipinski definition) is 7. The van der Waals surface area contributed by atoms with E-state index in [1.807, 2.05) is 30.3 Å². The number of likely N-dealkylation sites (tertiary alicyclic amines) is 1. The summed E-state index contributed by atoms with van der Waals surface area (Å²) in [7, 11) is 0. The summed E-state index contributed by atoms with van der Waals surface area (Å²) in [5.41, 5.74) is 0.598. The first kappa shape index (κ1) is 29.8. The van der Waals surface area contributed by atoms with E-state index in [1.165, 1.54) is 4.90 Å². The number of allylic oxidation sites excluding steroid dienone is 1. The Morgan fingerprint density at radius 3 is 2.48 bits per heavy atom. The van der Waals surface area contributed by atoms with E-state index in [0.717, 1.165) is 31.6 Å². The van der Waals surface area contributed by atoms with E-state index in [0.29, 0.717) is 24.9 Å². The quantitative estimate of drug-likeness (QED) is 0.202. The molecular weight excluding hydrogens is 510 g/mol. The predicted molar refractivity (Wildman–Crippen MR) is 154 cm³/mol. The minimum absolute atomic E-state index is 0.0202. The Kier molecular flexibility index (Phi) is 9.68. The number of β-amino-alcohol motifs (C(OH)–C–C–N with tert-alkyl or cyclic N) is 1. The molecule has 9 heteroatoms. The van der Waals surface area contributed by atoms with E-state index in [1.54, 1.807) is 11.0 Å². The number of unbranched alkanes of at least 4 members (excludes halogenated alkanes) is 2. The monoisotopic (exact) mass is 553 g/mol. The first-order valence-corrected chi connectivity index (χ1v) is 14.5. The first-order valence-electron chi connectivity index (χ1n) is 14.5. The molecule has 218 valence electrons. The van der Waals surface area contributed by atoms with Crippen LogP contribution in [0.5, 0.6) is 0 Å². The van der Waals surface area contributed by atoms with Gasteiger partial charge in [-0.3, -0.25) is 14.4 Å². The lowest BCUT2D eigenvalue weighted by Crippen LogP contribution is -2.56. The Hall–Kier alpha value is -3.17. The fourth-order valence-corrected chi connectivity index (χ4v) is 6.74. The average molecular weight is 554 g/mol. The Labute approximate surface area is 237 Å². The van der Waals surface area contributed by atoms with Gasteiger partial charge in [0.15, 0.2) is 0 Å². The molecule has 2 amide bonds. The van der Waals surface area contributed by atoms with Gasteiger partial charge in [-0.1, -0.05) is 12.2 Å². The van der Waals surface area contributed by atoms with Crippen molar-refractivity contribution in [1.29, 1.82) is 0 Å². The molecule has 1 aromatic rings. The number of carbonyl (C=O) groups excluding carboxylic acids is 3. The van der Waals surface area contributed by atoms with Crippen LogP contribution in [0.2, 0.25) is 0 Å². The second-order valence-electron chi connectivity index (χ2n) is 10.7. The predicted octanol–water partition coefficient (Wildman–Crippen LogP) is 3.32. The van der Waals surface area contributed by atoms with Crippen LogP contribution in [0, 0.1) is 11.8 Å². The zero-order chi connectivity index (χ0) is 28.9. The van der Waals surface area contributed by atoms with Gasteiger partial charge in [0.1, 0.15) is 11.6 Å². The second-order valence-corrected chi connectivity index (χ2v) is 10.7. The summed E-state index contributed by atoms with van der Waals surface area (Å²) in [5, 5.41) is 9.85. The molecule has 0 aliphatic carbocycles. The van der Waals surface area contributed by atoms with E-state index in [2.05, 4.69) is 31.9 Å². The number of fused-ring (bicyclic) bond motifs is 1. The van der Waals surface area contributed by atoms with E-state index in [-0.39, 0.29) is 38.1 Å². The zero-order valence-corrected chi connectivity index (χ0v) is 23.8. The van der Waals surface area contributed by atoms with Gasteiger partial charge in [-0.25, -0.2) is 0 Å². The molecule has 0 radical (unpaired) electrons. The van der Waals surface area contributed by atoms with Gasteiger partial charge in [0.25, 0.3) is 5.91 Å². The van der Waals surface area contributed by atoms with Crippen molar-refractivity contribution >= 4 is 29.2 Å². The van der Waals surface area contributed by atoms with Gasteiger partial charge in [0.05, 0.1) is 31.2 Å². The molecule has 1 N–H and O–H groups in total. The number of aliphatic hydroxyl groups excluding tert-OH is 1. The van der Waals surface area contributed by atoms with Crippen LogP contribution in [0.25, 0.3) is 0 Å². The lowest BCUT2D eigenvalue weighted by molar-refractivity contribution is -0.155. The van der Waals surface area contributed by atoms with Crippen molar-refractivity contribution in [3.63, 3.8) is 0 Å². The van der Waals surface area contributed by atoms with Crippen molar-refractivity contribution < 1.29 is 29.0 Å². The number of nitrogens with zero attached hydrogens (tertiary/aromatic N) is 3. The summed E-state index contributed by atoms with van der Waals surface area (Å²) in [5.74, 6) is -2.67. The molecule has 5 atom stereocenters. The van der Waals surface area contributed by atoms with E-state index < -0.39 is 35.6 Å². The van der Waals surface area contributed by atoms with Crippen molar-refractivity contribution in [1.82, 2.24) is 4.90 Å². The highest BCUT2D eigenvalue weighted by Crippen LogP contribution is 2.58. The van der Waals surface area contributed by atoms with Gasteiger partial charge in [0, 0.05) is 37.6 Å². The normalized spacial score (nSPS) is 26.5. The molecule has 3 fully saturated rings. The third-order valence-electron chi connectivity index (χ3n) is 8.56. The number of hydrogen-bond donors (Lipinski definition) is 1. The van der Waals surface area contributed by atoms with Gasteiger partial charge in [-0.2, -0.15) is 0 Å². The van der Waals surface area contributed by atoms with Crippen molar-refractivity contribution in [2.45, 2.75) is 63.7 Å². The summed E-state index contributed by atoms with van der Waals surface area (Å²) in [4.78, 5) is 46.7. The fraction of sp³-hybridized carbons (Fsp3) is 0.581. The summed E-state index contributed by atoms with van der Waals surface area (Å²) >= 11 is 0. The number of benzene rings is 1. The van der Waals surface area contributed by atoms with Crippen LogP contribution >= 0.6 is 0 Å². The minimum Gasteiger partial charge on any atom is -0.465 e. The van der Waals surface area contributed by atoms with E-state index in [9.17, 15) is 19.5 Å². The standard InChI is InChI=1S/C31H43N3O6/c1-5-9-10-11-21-39-30(38)25-24-16-17-31(40-24)26(25)28(36)34(19-20-35)27(31)29(37)33(18-6-2)23-14-12-22(13-15-23)32(7-3)8-4/h5-6,12-15,24-27,35H,1-2,7-11,16-21H2,3-4H3/t24-,25+,26-,27?,31?/m0/s1. The highest BCUT2D eigenvalue weighted by molar-refractivity contribution is 6.04. The maximum absolute atomic E-state index is 14.4. The SMILES string of the molecule is C=CCCCCOC(=O)[C@@H]1[C@@H]2CCC3(O2)C(C(=O)N(CC=C)c2ccc(N(CC)CC)cc2)N(CCO)C(=O)[C@H]13. The Bertz CT molecular complexity index is 1090. The first-order chi connectivity index (χ1) is 19.4. The van der Waals surface area contributed by atoms with Crippen LogP contribution in [0.3, 0.4) is 0 Å². The van der Waals surface area contributed by atoms with Gasteiger partial charge in [0.2, 0.25) is 5.91 Å². The molecule has 1 spiro atoms. The van der Waals surface area contributed by atoms with Crippen LogP contribution < -0.4 is 9.80 Å². The summed E-state index contributed by atoms with van der Waals surface area (Å²) in [6, 6.07) is 6.80. The van der Waals surface area contributed by atoms with Crippen molar-refractivity contribution in [2.24, 2.45) is 11.8 Å². The van der Waals surface area contributed by atoms with Crippen LogP contribution in [-0.2, 0) is 23.9 Å². The van der Waals surface area contributed by atoms with E-state index in [4.69, 9.17) is 9.47 Å². The lowest BCUT2D eigenvalue weighted by atomic mass is 9.70.